The summed E-state index contributed by atoms with van der Waals surface area (Å²) in [6.45, 7) is 5.35. The molecule has 3 heteroatoms. The molecule has 0 saturated heterocycles. The van der Waals surface area contributed by atoms with Crippen LogP contribution in [0.5, 0.6) is 0 Å². The van der Waals surface area contributed by atoms with Gasteiger partial charge in [0.1, 0.15) is 5.69 Å². The van der Waals surface area contributed by atoms with Crippen LogP contribution in [-0.2, 0) is 0 Å². The quantitative estimate of drug-likeness (QED) is 0.544. The first-order chi connectivity index (χ1) is 5.79. The molecule has 1 aromatic heterocycles. The van der Waals surface area contributed by atoms with E-state index in [1.54, 1.807) is 19.1 Å². The van der Waals surface area contributed by atoms with Crippen molar-refractivity contribution >= 4 is 11.9 Å². The Bertz CT molecular complexity index is 323. The van der Waals surface area contributed by atoms with Crippen molar-refractivity contribution in [3.8, 4) is 0 Å². The molecule has 0 fully saturated rings. The molecule has 12 heavy (non-hydrogen) atoms. The molecule has 0 unspecified atom stereocenters. The number of aromatic nitrogens is 2. The van der Waals surface area contributed by atoms with Crippen LogP contribution in [0.2, 0.25) is 0 Å². The van der Waals surface area contributed by atoms with Gasteiger partial charge in [0.15, 0.2) is 0 Å². The SMILES string of the molecule is C=Cc1[nH]cnc1C(=O)/C=C\C. The van der Waals surface area contributed by atoms with Crippen LogP contribution in [0, 0.1) is 0 Å². The van der Waals surface area contributed by atoms with Crippen LogP contribution in [0.3, 0.4) is 0 Å². The highest BCUT2D eigenvalue weighted by Crippen LogP contribution is 2.05. The average molecular weight is 162 g/mol. The molecule has 1 rings (SSSR count). The molecule has 0 aliphatic carbocycles. The zero-order chi connectivity index (χ0) is 8.97. The monoisotopic (exact) mass is 162 g/mol. The molecule has 1 N–H and O–H groups in total. The molecule has 0 saturated carbocycles. The Morgan fingerprint density at radius 1 is 1.75 bits per heavy atom. The summed E-state index contributed by atoms with van der Waals surface area (Å²) in [5, 5.41) is 0. The maximum absolute atomic E-state index is 11.3. The molecule has 0 bridgehead atoms. The van der Waals surface area contributed by atoms with Gasteiger partial charge in [0.25, 0.3) is 0 Å². The lowest BCUT2D eigenvalue weighted by Gasteiger charge is -1.90. The van der Waals surface area contributed by atoms with Crippen LogP contribution in [0.4, 0.5) is 0 Å². The number of allylic oxidation sites excluding steroid dienone is 2. The van der Waals surface area contributed by atoms with Crippen LogP contribution >= 0.6 is 0 Å². The summed E-state index contributed by atoms with van der Waals surface area (Å²) >= 11 is 0. The van der Waals surface area contributed by atoms with E-state index >= 15 is 0 Å². The summed E-state index contributed by atoms with van der Waals surface area (Å²) in [5.41, 5.74) is 1.08. The predicted octanol–water partition coefficient (Wildman–Crippen LogP) is 1.81. The lowest BCUT2D eigenvalue weighted by molar-refractivity contribution is 0.104. The van der Waals surface area contributed by atoms with Gasteiger partial charge in [-0.05, 0) is 19.1 Å². The number of nitrogens with one attached hydrogen (secondary N) is 1. The van der Waals surface area contributed by atoms with Gasteiger partial charge in [0, 0.05) is 0 Å². The van der Waals surface area contributed by atoms with Crippen molar-refractivity contribution in [2.75, 3.05) is 0 Å². The zero-order valence-corrected chi connectivity index (χ0v) is 6.87. The zero-order valence-electron chi connectivity index (χ0n) is 6.87. The maximum atomic E-state index is 11.3. The lowest BCUT2D eigenvalue weighted by atomic mass is 10.2. The Labute approximate surface area is 70.8 Å². The number of imidazole rings is 1. The van der Waals surface area contributed by atoms with Crippen LogP contribution in [0.1, 0.15) is 23.1 Å². The molecule has 1 heterocycles. The van der Waals surface area contributed by atoms with E-state index < -0.39 is 0 Å². The first-order valence-electron chi connectivity index (χ1n) is 3.62. The first kappa shape index (κ1) is 8.46. The summed E-state index contributed by atoms with van der Waals surface area (Å²) in [7, 11) is 0. The third-order valence-electron chi connectivity index (χ3n) is 1.42. The van der Waals surface area contributed by atoms with Crippen LogP contribution in [0.25, 0.3) is 6.08 Å². The lowest BCUT2D eigenvalue weighted by Crippen LogP contribution is -1.96. The number of H-pyrrole nitrogens is 1. The van der Waals surface area contributed by atoms with E-state index in [-0.39, 0.29) is 5.78 Å². The third-order valence-corrected chi connectivity index (χ3v) is 1.42. The van der Waals surface area contributed by atoms with E-state index in [9.17, 15) is 4.79 Å². The molecule has 0 aliphatic heterocycles. The highest BCUT2D eigenvalue weighted by Gasteiger charge is 2.07. The number of nitrogens with zero attached hydrogens (tertiary/aromatic N) is 1. The van der Waals surface area contributed by atoms with Gasteiger partial charge in [0.05, 0.1) is 12.0 Å². The minimum absolute atomic E-state index is 0.103. The van der Waals surface area contributed by atoms with E-state index in [1.807, 2.05) is 0 Å². The van der Waals surface area contributed by atoms with Crippen LogP contribution in [0.15, 0.2) is 25.1 Å². The summed E-state index contributed by atoms with van der Waals surface area (Å²) in [4.78, 5) is 18.0. The van der Waals surface area contributed by atoms with Gasteiger partial charge in [-0.1, -0.05) is 12.7 Å². The molecule has 0 spiro atoms. The maximum Gasteiger partial charge on any atom is 0.206 e. The Kier molecular flexibility index (Phi) is 2.58. The number of aromatic amines is 1. The Balaban J connectivity index is 3.01. The van der Waals surface area contributed by atoms with Gasteiger partial charge in [0.2, 0.25) is 5.78 Å². The fourth-order valence-corrected chi connectivity index (χ4v) is 0.887. The third kappa shape index (κ3) is 1.50. The van der Waals surface area contributed by atoms with Gasteiger partial charge >= 0.3 is 0 Å². The fourth-order valence-electron chi connectivity index (χ4n) is 0.887. The van der Waals surface area contributed by atoms with Crippen molar-refractivity contribution in [2.45, 2.75) is 6.92 Å². The summed E-state index contributed by atoms with van der Waals surface area (Å²) in [6.07, 6.45) is 6.21. The Hall–Kier alpha value is -1.64. The largest absolute Gasteiger partial charge is 0.344 e. The molecular formula is C9H10N2O. The Morgan fingerprint density at radius 3 is 3.08 bits per heavy atom. The van der Waals surface area contributed by atoms with Gasteiger partial charge in [-0.15, -0.1) is 0 Å². The molecule has 1 aromatic rings. The smallest absolute Gasteiger partial charge is 0.206 e. The summed E-state index contributed by atoms with van der Waals surface area (Å²) < 4.78 is 0. The van der Waals surface area contributed by atoms with E-state index in [0.717, 1.165) is 0 Å². The summed E-state index contributed by atoms with van der Waals surface area (Å²) in [6, 6.07) is 0. The highest BCUT2D eigenvalue weighted by atomic mass is 16.1. The minimum Gasteiger partial charge on any atom is -0.344 e. The summed E-state index contributed by atoms with van der Waals surface area (Å²) in [5.74, 6) is -0.103. The molecular weight excluding hydrogens is 152 g/mol. The minimum atomic E-state index is -0.103. The second-order valence-electron chi connectivity index (χ2n) is 2.23. The fraction of sp³-hybridized carbons (Fsp3) is 0.111. The van der Waals surface area contributed by atoms with Crippen LogP contribution in [-0.4, -0.2) is 15.8 Å². The van der Waals surface area contributed by atoms with Crippen LogP contribution < -0.4 is 0 Å². The topological polar surface area (TPSA) is 45.8 Å². The standard InChI is InChI=1S/C9H10N2O/c1-3-5-8(12)9-7(4-2)10-6-11-9/h3-6H,2H2,1H3,(H,10,11)/b5-3-. The highest BCUT2D eigenvalue weighted by molar-refractivity contribution is 6.04. The van der Waals surface area contributed by atoms with Crippen molar-refractivity contribution in [1.82, 2.24) is 9.97 Å². The normalized spacial score (nSPS) is 10.4. The number of hydrogen-bond acceptors (Lipinski definition) is 2. The van der Waals surface area contributed by atoms with Gasteiger partial charge in [-0.2, -0.15) is 0 Å². The van der Waals surface area contributed by atoms with E-state index in [1.165, 1.54) is 12.4 Å². The molecule has 0 radical (unpaired) electrons. The number of carbonyl (C=O) groups is 1. The molecule has 3 nitrogen and oxygen atoms in total. The van der Waals surface area contributed by atoms with Crippen molar-refractivity contribution in [1.29, 1.82) is 0 Å². The molecule has 0 amide bonds. The molecule has 0 aliphatic rings. The number of hydrogen-bond donors (Lipinski definition) is 1. The van der Waals surface area contributed by atoms with E-state index in [4.69, 9.17) is 0 Å². The molecule has 0 aromatic carbocycles. The van der Waals surface area contributed by atoms with Gasteiger partial charge in [-0.3, -0.25) is 4.79 Å². The Morgan fingerprint density at radius 2 is 2.50 bits per heavy atom. The second kappa shape index (κ2) is 3.67. The molecule has 0 atom stereocenters. The average Bonchev–Trinajstić information content (AvgIpc) is 2.51. The van der Waals surface area contributed by atoms with Crippen molar-refractivity contribution in [3.63, 3.8) is 0 Å². The predicted molar refractivity (Wildman–Crippen MR) is 47.8 cm³/mol. The van der Waals surface area contributed by atoms with Crippen molar-refractivity contribution < 1.29 is 4.79 Å². The van der Waals surface area contributed by atoms with E-state index in [2.05, 4.69) is 16.5 Å². The number of rotatable bonds is 3. The second-order valence-corrected chi connectivity index (χ2v) is 2.23. The van der Waals surface area contributed by atoms with Crippen molar-refractivity contribution in [2.24, 2.45) is 0 Å². The number of ketones is 1. The van der Waals surface area contributed by atoms with Crippen molar-refractivity contribution in [3.05, 3.63) is 36.4 Å². The molecule has 62 valence electrons. The van der Waals surface area contributed by atoms with Gasteiger partial charge in [-0.25, -0.2) is 4.98 Å². The van der Waals surface area contributed by atoms with E-state index in [0.29, 0.717) is 11.4 Å². The number of carbonyl (C=O) groups excluding carboxylic acids is 1. The van der Waals surface area contributed by atoms with Gasteiger partial charge < -0.3 is 4.98 Å². The first-order valence-corrected chi connectivity index (χ1v) is 3.62.